The van der Waals surface area contributed by atoms with E-state index in [4.69, 9.17) is 11.6 Å². The Kier molecular flexibility index (Phi) is 8.02. The van der Waals surface area contributed by atoms with Crippen molar-refractivity contribution in [2.45, 2.75) is 38.9 Å². The summed E-state index contributed by atoms with van der Waals surface area (Å²) in [7, 11) is 0. The van der Waals surface area contributed by atoms with Gasteiger partial charge in [0.15, 0.2) is 5.78 Å². The van der Waals surface area contributed by atoms with Crippen molar-refractivity contribution in [3.63, 3.8) is 0 Å². The van der Waals surface area contributed by atoms with Crippen LogP contribution >= 0.6 is 11.6 Å². The maximum Gasteiger partial charge on any atom is 0.324 e. The van der Waals surface area contributed by atoms with Gasteiger partial charge in [0.2, 0.25) is 11.8 Å². The normalized spacial score (nSPS) is 12.7. The summed E-state index contributed by atoms with van der Waals surface area (Å²) in [6.45, 7) is 0.906. The maximum absolute atomic E-state index is 14.2. The zero-order chi connectivity index (χ0) is 29.1. The number of urea groups is 1. The van der Waals surface area contributed by atoms with Crippen molar-refractivity contribution < 1.29 is 23.6 Å². The zero-order valence-corrected chi connectivity index (χ0v) is 22.8. The first-order valence-corrected chi connectivity index (χ1v) is 13.3. The van der Waals surface area contributed by atoms with Crippen LogP contribution in [0.1, 0.15) is 35.8 Å². The van der Waals surface area contributed by atoms with Gasteiger partial charge in [0.1, 0.15) is 23.9 Å². The number of fused-ring (bicyclic) bond motifs is 1. The number of H-pyrrole nitrogens is 1. The Bertz CT molecular complexity index is 1630. The van der Waals surface area contributed by atoms with E-state index in [1.807, 2.05) is 0 Å². The molecule has 0 spiro atoms. The van der Waals surface area contributed by atoms with Crippen molar-refractivity contribution >= 4 is 57.6 Å². The van der Waals surface area contributed by atoms with E-state index in [-0.39, 0.29) is 53.6 Å². The Morgan fingerprint density at radius 3 is 2.63 bits per heavy atom. The molecule has 1 saturated carbocycles. The molecular weight excluding hydrogens is 553 g/mol. The number of Topliss-reactive ketones (excluding diaryl/α,β-unsaturated/α-hetero) is 1. The van der Waals surface area contributed by atoms with E-state index >= 15 is 0 Å². The van der Waals surface area contributed by atoms with Gasteiger partial charge >= 0.3 is 6.03 Å². The number of halogens is 2. The first-order valence-electron chi connectivity index (χ1n) is 12.9. The molecule has 4 aromatic rings. The second-order valence-electron chi connectivity index (χ2n) is 9.70. The number of hydrogen-bond acceptors (Lipinski definition) is 5. The summed E-state index contributed by atoms with van der Waals surface area (Å²) < 4.78 is 15.6. The molecular formula is C28H27ClFN7O4. The number of aromatic amines is 1. The van der Waals surface area contributed by atoms with E-state index in [1.54, 1.807) is 42.6 Å². The first kappa shape index (κ1) is 27.8. The fourth-order valence-electron chi connectivity index (χ4n) is 4.45. The van der Waals surface area contributed by atoms with E-state index < -0.39 is 17.8 Å². The van der Waals surface area contributed by atoms with E-state index in [0.29, 0.717) is 22.4 Å². The molecule has 13 heteroatoms. The van der Waals surface area contributed by atoms with E-state index in [9.17, 15) is 23.6 Å². The lowest BCUT2D eigenvalue weighted by Crippen LogP contribution is -2.43. The summed E-state index contributed by atoms with van der Waals surface area (Å²) in [5.74, 6) is -1.17. The molecule has 1 aliphatic carbocycles. The summed E-state index contributed by atoms with van der Waals surface area (Å²) in [5.41, 5.74) is 1.35. The monoisotopic (exact) mass is 579 g/mol. The molecule has 0 atom stereocenters. The van der Waals surface area contributed by atoms with Crippen molar-refractivity contribution in [1.82, 2.24) is 25.0 Å². The number of ketones is 1. The van der Waals surface area contributed by atoms with Crippen molar-refractivity contribution in [2.24, 2.45) is 0 Å². The second-order valence-corrected chi connectivity index (χ2v) is 10.1. The number of carbonyl (C=O) groups excluding carboxylic acids is 4. The molecule has 4 amide bonds. The number of nitrogens with one attached hydrogen (secondary N) is 4. The minimum Gasteiger partial charge on any atom is -0.350 e. The van der Waals surface area contributed by atoms with Crippen LogP contribution in [0.5, 0.6) is 0 Å². The molecule has 11 nitrogen and oxygen atoms in total. The van der Waals surface area contributed by atoms with Crippen LogP contribution in [0.25, 0.3) is 10.9 Å². The highest BCUT2D eigenvalue weighted by atomic mass is 35.5. The molecule has 0 aliphatic heterocycles. The van der Waals surface area contributed by atoms with Crippen LogP contribution in [-0.4, -0.2) is 55.9 Å². The largest absolute Gasteiger partial charge is 0.350 e. The second kappa shape index (κ2) is 11.8. The lowest BCUT2D eigenvalue weighted by atomic mass is 10.1. The summed E-state index contributed by atoms with van der Waals surface area (Å²) in [4.78, 5) is 55.1. The van der Waals surface area contributed by atoms with Gasteiger partial charge in [-0.3, -0.25) is 24.4 Å². The third-order valence-corrected chi connectivity index (χ3v) is 6.89. The summed E-state index contributed by atoms with van der Waals surface area (Å²) in [5, 5.41) is 12.8. The summed E-state index contributed by atoms with van der Waals surface area (Å²) in [6, 6.07) is 12.4. The molecule has 2 aromatic carbocycles. The third-order valence-electron chi connectivity index (χ3n) is 6.60. The Morgan fingerprint density at radius 2 is 1.93 bits per heavy atom. The highest BCUT2D eigenvalue weighted by Crippen LogP contribution is 2.28. The molecule has 0 unspecified atom stereocenters. The van der Waals surface area contributed by atoms with Gasteiger partial charge in [0.25, 0.3) is 0 Å². The van der Waals surface area contributed by atoms with Gasteiger partial charge < -0.3 is 20.5 Å². The van der Waals surface area contributed by atoms with Gasteiger partial charge in [0, 0.05) is 42.3 Å². The number of hydrogen-bond donors (Lipinski definition) is 4. The smallest absolute Gasteiger partial charge is 0.324 e. The highest BCUT2D eigenvalue weighted by molar-refractivity contribution is 6.30. The number of carbonyl (C=O) groups is 4. The molecule has 5 rings (SSSR count). The van der Waals surface area contributed by atoms with Gasteiger partial charge in [-0.1, -0.05) is 23.7 Å². The van der Waals surface area contributed by atoms with Crippen molar-refractivity contribution in [1.29, 1.82) is 0 Å². The molecule has 0 bridgehead atoms. The molecule has 2 aromatic heterocycles. The number of aromatic nitrogens is 3. The van der Waals surface area contributed by atoms with E-state index in [0.717, 1.165) is 12.8 Å². The Hall–Kier alpha value is -4.71. The SMILES string of the molecule is CC(=O)c1nn(CC(=O)N(CC(=O)NCc2cccc(Cl)c2F)C2CC2)c2ccc(NC(=O)Nc3ccc[nH]3)cc12. The fraction of sp³-hybridized carbons (Fsp3) is 0.250. The molecule has 2 heterocycles. The Balaban J connectivity index is 1.28. The number of rotatable bonds is 10. The van der Waals surface area contributed by atoms with Crippen LogP contribution in [0.2, 0.25) is 5.02 Å². The molecule has 212 valence electrons. The average Bonchev–Trinajstić information content (AvgIpc) is 3.53. The van der Waals surface area contributed by atoms with Crippen molar-refractivity contribution in [2.75, 3.05) is 17.2 Å². The van der Waals surface area contributed by atoms with Crippen LogP contribution < -0.4 is 16.0 Å². The van der Waals surface area contributed by atoms with Crippen molar-refractivity contribution in [3.8, 4) is 0 Å². The van der Waals surface area contributed by atoms with Gasteiger partial charge in [-0.25, -0.2) is 9.18 Å². The molecule has 41 heavy (non-hydrogen) atoms. The average molecular weight is 580 g/mol. The number of nitrogens with zero attached hydrogens (tertiary/aromatic N) is 3. The highest BCUT2D eigenvalue weighted by Gasteiger charge is 2.34. The minimum atomic E-state index is -0.601. The maximum atomic E-state index is 14.2. The van der Waals surface area contributed by atoms with Crippen molar-refractivity contribution in [3.05, 3.63) is 76.8 Å². The topological polar surface area (TPSA) is 141 Å². The molecule has 4 N–H and O–H groups in total. The van der Waals surface area contributed by atoms with Gasteiger partial charge in [-0.15, -0.1) is 0 Å². The predicted octanol–water partition coefficient (Wildman–Crippen LogP) is 4.31. The quantitative estimate of drug-likeness (QED) is 0.207. The van der Waals surface area contributed by atoms with Gasteiger partial charge in [0.05, 0.1) is 17.1 Å². The van der Waals surface area contributed by atoms with Crippen LogP contribution in [0.4, 0.5) is 20.7 Å². The van der Waals surface area contributed by atoms with Crippen LogP contribution in [0.3, 0.4) is 0 Å². The molecule has 0 saturated heterocycles. The molecule has 1 aliphatic rings. The van der Waals surface area contributed by atoms with E-state index in [2.05, 4.69) is 26.0 Å². The fourth-order valence-corrected chi connectivity index (χ4v) is 4.64. The van der Waals surface area contributed by atoms with Crippen LogP contribution in [0.15, 0.2) is 54.7 Å². The molecule has 1 fully saturated rings. The minimum absolute atomic E-state index is 0.0364. The lowest BCUT2D eigenvalue weighted by molar-refractivity contribution is -0.137. The van der Waals surface area contributed by atoms with Crippen LogP contribution in [-0.2, 0) is 22.7 Å². The van der Waals surface area contributed by atoms with Gasteiger partial charge in [-0.2, -0.15) is 5.10 Å². The summed E-state index contributed by atoms with van der Waals surface area (Å²) in [6.07, 6.45) is 3.20. The predicted molar refractivity (Wildman–Crippen MR) is 151 cm³/mol. The number of amides is 4. The number of benzene rings is 2. The van der Waals surface area contributed by atoms with Gasteiger partial charge in [-0.05, 0) is 49.2 Å². The van der Waals surface area contributed by atoms with E-state index in [1.165, 1.54) is 28.6 Å². The standard InChI is InChI=1S/C28H27ClFN7O4/c1-16(38)27-20-12-18(33-28(41)34-23-6-3-11-31-23)7-10-22(20)37(35-27)15-25(40)36(19-8-9-19)14-24(39)32-13-17-4-2-5-21(29)26(17)30/h2-7,10-12,19,31H,8-9,13-15H2,1H3,(H,32,39)(H2,33,34,41). The lowest BCUT2D eigenvalue weighted by Gasteiger charge is -2.22. The third kappa shape index (κ3) is 6.55. The zero-order valence-electron chi connectivity index (χ0n) is 22.0. The number of anilines is 2. The first-order chi connectivity index (χ1) is 19.7. The Labute approximate surface area is 239 Å². The Morgan fingerprint density at radius 1 is 1.12 bits per heavy atom. The molecule has 0 radical (unpaired) electrons. The van der Waals surface area contributed by atoms with Crippen LogP contribution in [0, 0.1) is 5.82 Å². The summed E-state index contributed by atoms with van der Waals surface area (Å²) >= 11 is 5.81.